The summed E-state index contributed by atoms with van der Waals surface area (Å²) in [5, 5.41) is 9.00. The van der Waals surface area contributed by atoms with Gasteiger partial charge in [0.25, 0.3) is 0 Å². The van der Waals surface area contributed by atoms with Gasteiger partial charge in [-0.25, -0.2) is 0 Å². The van der Waals surface area contributed by atoms with Crippen LogP contribution in [0.1, 0.15) is 5.56 Å². The molecule has 1 aromatic carbocycles. The molecule has 0 spiro atoms. The van der Waals surface area contributed by atoms with E-state index in [0.29, 0.717) is 0 Å². The van der Waals surface area contributed by atoms with Crippen molar-refractivity contribution < 1.29 is 18.3 Å². The number of rotatable bonds is 5. The lowest BCUT2D eigenvalue weighted by Gasteiger charge is -2.26. The van der Waals surface area contributed by atoms with Gasteiger partial charge < -0.3 is 15.7 Å². The lowest BCUT2D eigenvalue weighted by molar-refractivity contribution is -0.119. The Labute approximate surface area is 108 Å². The van der Waals surface area contributed by atoms with Crippen LogP contribution < -0.4 is 10.6 Å². The second kappa shape index (κ2) is 6.26. The Morgan fingerprint density at radius 2 is 2.00 bits per heavy atom. The van der Waals surface area contributed by atoms with E-state index in [1.54, 1.807) is 6.07 Å². The lowest BCUT2D eigenvalue weighted by atomic mass is 10.2. The molecule has 0 fully saturated rings. The van der Waals surface area contributed by atoms with Crippen molar-refractivity contribution in [3.05, 3.63) is 28.8 Å². The quantitative estimate of drug-likeness (QED) is 0.870. The molecule has 0 unspecified atom stereocenters. The Hall–Kier alpha value is -0.980. The van der Waals surface area contributed by atoms with Crippen LogP contribution in [0.4, 0.5) is 18.9 Å². The number of benzene rings is 1. The molecule has 0 aliphatic rings. The summed E-state index contributed by atoms with van der Waals surface area (Å²) < 4.78 is 37.2. The first-order valence-corrected chi connectivity index (χ1v) is 5.66. The van der Waals surface area contributed by atoms with Gasteiger partial charge in [0, 0.05) is 13.1 Å². The smallest absolute Gasteiger partial charge is 0.395 e. The lowest BCUT2D eigenvalue weighted by Crippen LogP contribution is -2.36. The molecule has 0 saturated carbocycles. The van der Waals surface area contributed by atoms with Crippen molar-refractivity contribution >= 4 is 17.3 Å². The third kappa shape index (κ3) is 4.36. The van der Waals surface area contributed by atoms with E-state index in [0.717, 1.165) is 10.5 Å². The van der Waals surface area contributed by atoms with Crippen LogP contribution in [0.25, 0.3) is 0 Å². The fourth-order valence-electron chi connectivity index (χ4n) is 1.56. The number of hydrogen-bond acceptors (Lipinski definition) is 3. The number of aliphatic hydroxyl groups excluding tert-OH is 1. The van der Waals surface area contributed by atoms with Crippen LogP contribution in [0.5, 0.6) is 0 Å². The van der Waals surface area contributed by atoms with Crippen molar-refractivity contribution in [1.29, 1.82) is 0 Å². The molecule has 102 valence electrons. The molecule has 1 rings (SSSR count). The topological polar surface area (TPSA) is 49.5 Å². The van der Waals surface area contributed by atoms with Gasteiger partial charge >= 0.3 is 6.18 Å². The molecule has 0 heterocycles. The maximum absolute atomic E-state index is 12.4. The van der Waals surface area contributed by atoms with E-state index in [1.165, 1.54) is 12.1 Å². The van der Waals surface area contributed by atoms with Crippen LogP contribution in [0.2, 0.25) is 5.02 Å². The van der Waals surface area contributed by atoms with Gasteiger partial charge in [0.05, 0.1) is 17.3 Å². The summed E-state index contributed by atoms with van der Waals surface area (Å²) in [6.07, 6.45) is -4.36. The SMILES string of the molecule is NCc1ccc(N(CCO)CC(F)(F)F)c(Cl)c1. The Morgan fingerprint density at radius 1 is 1.33 bits per heavy atom. The highest BCUT2D eigenvalue weighted by Crippen LogP contribution is 2.29. The maximum Gasteiger partial charge on any atom is 0.405 e. The predicted octanol–water partition coefficient (Wildman–Crippen LogP) is 2.16. The summed E-state index contributed by atoms with van der Waals surface area (Å²) >= 11 is 5.92. The molecule has 0 atom stereocenters. The molecule has 7 heteroatoms. The van der Waals surface area contributed by atoms with Gasteiger partial charge in [-0.15, -0.1) is 0 Å². The standard InChI is InChI=1S/C11H14ClF3N2O/c12-9-5-8(6-16)1-2-10(9)17(3-4-18)7-11(13,14)15/h1-2,5,18H,3-4,6-7,16H2. The van der Waals surface area contributed by atoms with E-state index in [4.69, 9.17) is 22.4 Å². The zero-order valence-electron chi connectivity index (χ0n) is 9.54. The number of hydrogen-bond donors (Lipinski definition) is 2. The third-order valence-electron chi connectivity index (χ3n) is 2.33. The zero-order valence-corrected chi connectivity index (χ0v) is 10.3. The van der Waals surface area contributed by atoms with Crippen LogP contribution in [-0.4, -0.2) is 31.0 Å². The Balaban J connectivity index is 2.98. The van der Waals surface area contributed by atoms with Gasteiger partial charge in [0.1, 0.15) is 6.54 Å². The first kappa shape index (κ1) is 15.1. The van der Waals surface area contributed by atoms with Crippen LogP contribution in [-0.2, 0) is 6.54 Å². The van der Waals surface area contributed by atoms with E-state index in [9.17, 15) is 13.2 Å². The van der Waals surface area contributed by atoms with Gasteiger partial charge in [0.2, 0.25) is 0 Å². The molecular weight excluding hydrogens is 269 g/mol. The van der Waals surface area contributed by atoms with Gasteiger partial charge in [-0.05, 0) is 17.7 Å². The normalized spacial score (nSPS) is 11.7. The van der Waals surface area contributed by atoms with Crippen LogP contribution >= 0.6 is 11.6 Å². The van der Waals surface area contributed by atoms with Crippen LogP contribution in [0, 0.1) is 0 Å². The summed E-state index contributed by atoms with van der Waals surface area (Å²) in [7, 11) is 0. The second-order valence-electron chi connectivity index (χ2n) is 3.75. The second-order valence-corrected chi connectivity index (χ2v) is 4.16. The average Bonchev–Trinajstić information content (AvgIpc) is 2.26. The maximum atomic E-state index is 12.4. The number of nitrogens with zero attached hydrogens (tertiary/aromatic N) is 1. The van der Waals surface area contributed by atoms with Crippen LogP contribution in [0.3, 0.4) is 0 Å². The Kier molecular flexibility index (Phi) is 5.25. The van der Waals surface area contributed by atoms with Gasteiger partial charge in [-0.2, -0.15) is 13.2 Å². The minimum Gasteiger partial charge on any atom is -0.395 e. The molecule has 0 saturated heterocycles. The monoisotopic (exact) mass is 282 g/mol. The van der Waals surface area contributed by atoms with Gasteiger partial charge in [0.15, 0.2) is 0 Å². The molecule has 1 aromatic rings. The van der Waals surface area contributed by atoms with Crippen molar-refractivity contribution in [1.82, 2.24) is 0 Å². The minimum atomic E-state index is -4.36. The summed E-state index contributed by atoms with van der Waals surface area (Å²) in [6.45, 7) is -1.42. The summed E-state index contributed by atoms with van der Waals surface area (Å²) in [4.78, 5) is 0.989. The predicted molar refractivity (Wildman–Crippen MR) is 64.7 cm³/mol. The number of halogens is 4. The molecule has 3 nitrogen and oxygen atoms in total. The van der Waals surface area contributed by atoms with E-state index in [2.05, 4.69) is 0 Å². The summed E-state index contributed by atoms with van der Waals surface area (Å²) in [6, 6.07) is 4.62. The first-order chi connectivity index (χ1) is 8.37. The van der Waals surface area contributed by atoms with E-state index < -0.39 is 12.7 Å². The fraction of sp³-hybridized carbons (Fsp3) is 0.455. The number of alkyl halides is 3. The van der Waals surface area contributed by atoms with E-state index >= 15 is 0 Å². The van der Waals surface area contributed by atoms with Crippen molar-refractivity contribution in [3.63, 3.8) is 0 Å². The molecule has 0 radical (unpaired) electrons. The largest absolute Gasteiger partial charge is 0.405 e. The minimum absolute atomic E-state index is 0.138. The summed E-state index contributed by atoms with van der Waals surface area (Å²) in [5.41, 5.74) is 6.39. The molecule has 0 aromatic heterocycles. The van der Waals surface area contributed by atoms with Crippen molar-refractivity contribution in [3.8, 4) is 0 Å². The van der Waals surface area contributed by atoms with Crippen molar-refractivity contribution in [2.45, 2.75) is 12.7 Å². The zero-order chi connectivity index (χ0) is 13.8. The molecule has 0 aliphatic carbocycles. The highest BCUT2D eigenvalue weighted by molar-refractivity contribution is 6.33. The van der Waals surface area contributed by atoms with E-state index in [-0.39, 0.29) is 30.4 Å². The van der Waals surface area contributed by atoms with Crippen molar-refractivity contribution in [2.75, 3.05) is 24.6 Å². The highest BCUT2D eigenvalue weighted by Gasteiger charge is 2.31. The number of aliphatic hydroxyl groups is 1. The molecule has 0 aliphatic heterocycles. The highest BCUT2D eigenvalue weighted by atomic mass is 35.5. The van der Waals surface area contributed by atoms with E-state index in [1.807, 2.05) is 0 Å². The molecule has 0 amide bonds. The summed E-state index contributed by atoms with van der Waals surface area (Å²) in [5.74, 6) is 0. The number of nitrogens with two attached hydrogens (primary N) is 1. The number of anilines is 1. The molecule has 0 bridgehead atoms. The molecule has 18 heavy (non-hydrogen) atoms. The molecular formula is C11H14ClF3N2O. The Bertz CT molecular complexity index is 398. The van der Waals surface area contributed by atoms with Crippen LogP contribution in [0.15, 0.2) is 18.2 Å². The third-order valence-corrected chi connectivity index (χ3v) is 2.63. The first-order valence-electron chi connectivity index (χ1n) is 5.28. The van der Waals surface area contributed by atoms with Crippen molar-refractivity contribution in [2.24, 2.45) is 5.73 Å². The van der Waals surface area contributed by atoms with Gasteiger partial charge in [-0.3, -0.25) is 0 Å². The fourth-order valence-corrected chi connectivity index (χ4v) is 1.88. The van der Waals surface area contributed by atoms with Gasteiger partial charge in [-0.1, -0.05) is 17.7 Å². The Morgan fingerprint density at radius 3 is 2.44 bits per heavy atom. The molecule has 3 N–H and O–H groups in total. The average molecular weight is 283 g/mol.